The van der Waals surface area contributed by atoms with E-state index in [0.717, 1.165) is 18.4 Å². The molecule has 100 valence electrons. The number of hydrogen-bond donors (Lipinski definition) is 0. The van der Waals surface area contributed by atoms with Crippen molar-refractivity contribution in [1.29, 1.82) is 0 Å². The Morgan fingerprint density at radius 2 is 2.16 bits per heavy atom. The van der Waals surface area contributed by atoms with Gasteiger partial charge in [-0.15, -0.1) is 0 Å². The highest BCUT2D eigenvalue weighted by Crippen LogP contribution is 2.19. The van der Waals surface area contributed by atoms with Gasteiger partial charge in [-0.3, -0.25) is 4.79 Å². The van der Waals surface area contributed by atoms with Crippen LogP contribution in [0.15, 0.2) is 40.1 Å². The van der Waals surface area contributed by atoms with Crippen molar-refractivity contribution in [2.24, 2.45) is 0 Å². The maximum absolute atomic E-state index is 13.1. The monoisotopic (exact) mass is 283 g/mol. The predicted molar refractivity (Wildman–Crippen MR) is 64.0 cm³/mol. The summed E-state index contributed by atoms with van der Waals surface area (Å²) in [7, 11) is -3.68. The number of Topliss-reactive ketones (excluding diaryl/α,β-unsaturated/α-hetero) is 1. The van der Waals surface area contributed by atoms with Crippen molar-refractivity contribution in [3.8, 4) is 0 Å². The van der Waals surface area contributed by atoms with E-state index in [9.17, 15) is 17.6 Å². The molecule has 0 N–H and O–H groups in total. The molecule has 0 saturated carbocycles. The number of aromatic nitrogens is 1. The fourth-order valence-electron chi connectivity index (χ4n) is 1.63. The molecule has 0 atom stereocenters. The summed E-state index contributed by atoms with van der Waals surface area (Å²) in [6, 6.07) is 3.06. The molecule has 7 heteroatoms. The van der Waals surface area contributed by atoms with Gasteiger partial charge < -0.3 is 4.52 Å². The van der Waals surface area contributed by atoms with Crippen LogP contribution in [0.5, 0.6) is 0 Å². The summed E-state index contributed by atoms with van der Waals surface area (Å²) in [5.74, 6) is -1.15. The predicted octanol–water partition coefficient (Wildman–Crippen LogP) is 1.64. The van der Waals surface area contributed by atoms with Crippen molar-refractivity contribution < 1.29 is 22.1 Å². The van der Waals surface area contributed by atoms with E-state index in [0.29, 0.717) is 5.56 Å². The van der Waals surface area contributed by atoms with Crippen molar-refractivity contribution >= 4 is 15.6 Å². The number of halogens is 1. The number of sulfone groups is 1. The molecule has 0 aliphatic heterocycles. The lowest BCUT2D eigenvalue weighted by atomic mass is 10.1. The quantitative estimate of drug-likeness (QED) is 0.797. The zero-order valence-electron chi connectivity index (χ0n) is 9.96. The summed E-state index contributed by atoms with van der Waals surface area (Å²) in [6.07, 6.45) is 3.53. The van der Waals surface area contributed by atoms with E-state index < -0.39 is 21.4 Å². The van der Waals surface area contributed by atoms with E-state index >= 15 is 0 Å². The maximum atomic E-state index is 13.1. The van der Waals surface area contributed by atoms with Crippen LogP contribution in [0.4, 0.5) is 4.39 Å². The minimum absolute atomic E-state index is 0.0369. The number of rotatable bonds is 4. The summed E-state index contributed by atoms with van der Waals surface area (Å²) in [6.45, 7) is 0. The smallest absolute Gasteiger partial charge is 0.176 e. The third kappa shape index (κ3) is 3.05. The standard InChI is InChI=1S/C12H10FNO4S/c1-19(16,17)12-5-9(13)2-3-10(12)11(15)4-8-6-14-18-7-8/h2-3,5-7H,4H2,1H3. The Balaban J connectivity index is 2.42. The first kappa shape index (κ1) is 13.4. The molecule has 2 rings (SSSR count). The summed E-state index contributed by atoms with van der Waals surface area (Å²) < 4.78 is 40.8. The Labute approximate surface area is 109 Å². The van der Waals surface area contributed by atoms with E-state index in [2.05, 4.69) is 9.68 Å². The van der Waals surface area contributed by atoms with Crippen molar-refractivity contribution in [2.45, 2.75) is 11.3 Å². The topological polar surface area (TPSA) is 77.2 Å². The second kappa shape index (κ2) is 4.93. The van der Waals surface area contributed by atoms with Crippen LogP contribution in [-0.4, -0.2) is 25.6 Å². The summed E-state index contributed by atoms with van der Waals surface area (Å²) in [5, 5.41) is 3.45. The van der Waals surface area contributed by atoms with Crippen LogP contribution in [0.3, 0.4) is 0 Å². The van der Waals surface area contributed by atoms with Gasteiger partial charge in [0, 0.05) is 23.8 Å². The zero-order chi connectivity index (χ0) is 14.0. The van der Waals surface area contributed by atoms with Crippen LogP contribution in [0, 0.1) is 5.82 Å². The van der Waals surface area contributed by atoms with E-state index in [1.807, 2.05) is 0 Å². The first-order chi connectivity index (χ1) is 8.88. The first-order valence-electron chi connectivity index (χ1n) is 5.29. The fraction of sp³-hybridized carbons (Fsp3) is 0.167. The molecule has 0 spiro atoms. The third-order valence-electron chi connectivity index (χ3n) is 2.49. The van der Waals surface area contributed by atoms with Crippen LogP contribution in [0.25, 0.3) is 0 Å². The van der Waals surface area contributed by atoms with E-state index in [1.165, 1.54) is 18.5 Å². The van der Waals surface area contributed by atoms with Gasteiger partial charge in [0.2, 0.25) is 0 Å². The van der Waals surface area contributed by atoms with Crippen molar-refractivity contribution in [3.05, 3.63) is 47.6 Å². The first-order valence-corrected chi connectivity index (χ1v) is 7.18. The average molecular weight is 283 g/mol. The minimum atomic E-state index is -3.68. The third-order valence-corrected chi connectivity index (χ3v) is 3.63. The minimum Gasteiger partial charge on any atom is -0.364 e. The Bertz CT molecular complexity index is 707. The molecule has 0 saturated heterocycles. The molecule has 5 nitrogen and oxygen atoms in total. The summed E-state index contributed by atoms with van der Waals surface area (Å²) in [5.41, 5.74) is 0.485. The Morgan fingerprint density at radius 1 is 1.42 bits per heavy atom. The average Bonchev–Trinajstić information content (AvgIpc) is 2.80. The normalized spacial score (nSPS) is 11.5. The maximum Gasteiger partial charge on any atom is 0.176 e. The van der Waals surface area contributed by atoms with Gasteiger partial charge >= 0.3 is 0 Å². The lowest BCUT2D eigenvalue weighted by Gasteiger charge is -2.06. The molecule has 1 aromatic carbocycles. The molecule has 0 radical (unpaired) electrons. The number of carbonyl (C=O) groups is 1. The van der Waals surface area contributed by atoms with Gasteiger partial charge in [0.1, 0.15) is 12.1 Å². The van der Waals surface area contributed by atoms with Crippen molar-refractivity contribution in [1.82, 2.24) is 5.16 Å². The molecule has 19 heavy (non-hydrogen) atoms. The largest absolute Gasteiger partial charge is 0.364 e. The molecular weight excluding hydrogens is 273 g/mol. The van der Waals surface area contributed by atoms with Gasteiger partial charge in [-0.1, -0.05) is 5.16 Å². The molecule has 0 aliphatic rings. The highest BCUT2D eigenvalue weighted by molar-refractivity contribution is 7.90. The molecular formula is C12H10FNO4S. The van der Waals surface area contributed by atoms with E-state index in [1.54, 1.807) is 0 Å². The van der Waals surface area contributed by atoms with Gasteiger partial charge in [-0.05, 0) is 18.2 Å². The Morgan fingerprint density at radius 3 is 2.74 bits per heavy atom. The van der Waals surface area contributed by atoms with Gasteiger partial charge in [0.05, 0.1) is 11.1 Å². The molecule has 0 amide bonds. The van der Waals surface area contributed by atoms with Crippen LogP contribution in [0.1, 0.15) is 15.9 Å². The van der Waals surface area contributed by atoms with Gasteiger partial charge in [-0.25, -0.2) is 12.8 Å². The number of hydrogen-bond acceptors (Lipinski definition) is 5. The second-order valence-corrected chi connectivity index (χ2v) is 6.03. The van der Waals surface area contributed by atoms with Crippen LogP contribution in [-0.2, 0) is 16.3 Å². The highest BCUT2D eigenvalue weighted by Gasteiger charge is 2.20. The number of benzene rings is 1. The van der Waals surface area contributed by atoms with Gasteiger partial charge in [-0.2, -0.15) is 0 Å². The summed E-state index contributed by atoms with van der Waals surface area (Å²) in [4.78, 5) is 11.7. The molecule has 2 aromatic rings. The molecule has 0 aliphatic carbocycles. The fourth-order valence-corrected chi connectivity index (χ4v) is 2.54. The Kier molecular flexibility index (Phi) is 3.48. The molecule has 0 bridgehead atoms. The highest BCUT2D eigenvalue weighted by atomic mass is 32.2. The lowest BCUT2D eigenvalue weighted by Crippen LogP contribution is -2.10. The van der Waals surface area contributed by atoms with E-state index in [-0.39, 0.29) is 16.9 Å². The van der Waals surface area contributed by atoms with Crippen LogP contribution >= 0.6 is 0 Å². The van der Waals surface area contributed by atoms with Crippen molar-refractivity contribution in [3.63, 3.8) is 0 Å². The van der Waals surface area contributed by atoms with Gasteiger partial charge in [0.25, 0.3) is 0 Å². The SMILES string of the molecule is CS(=O)(=O)c1cc(F)ccc1C(=O)Cc1cnoc1. The van der Waals surface area contributed by atoms with Crippen LogP contribution in [0.2, 0.25) is 0 Å². The number of carbonyl (C=O) groups excluding carboxylic acids is 1. The van der Waals surface area contributed by atoms with E-state index in [4.69, 9.17) is 0 Å². The molecule has 0 unspecified atom stereocenters. The summed E-state index contributed by atoms with van der Waals surface area (Å²) >= 11 is 0. The zero-order valence-corrected chi connectivity index (χ0v) is 10.8. The lowest BCUT2D eigenvalue weighted by molar-refractivity contribution is 0.0989. The number of nitrogens with zero attached hydrogens (tertiary/aromatic N) is 1. The van der Waals surface area contributed by atoms with Gasteiger partial charge in [0.15, 0.2) is 15.6 Å². The Hall–Kier alpha value is -2.02. The van der Waals surface area contributed by atoms with Crippen molar-refractivity contribution in [2.75, 3.05) is 6.26 Å². The second-order valence-electron chi connectivity index (χ2n) is 4.05. The van der Waals surface area contributed by atoms with Crippen LogP contribution < -0.4 is 0 Å². The molecule has 1 heterocycles. The molecule has 0 fully saturated rings. The number of ketones is 1. The molecule has 1 aromatic heterocycles.